The molecule has 0 aliphatic heterocycles. The number of halogens is 1. The monoisotopic (exact) mass is 227 g/mol. The largest absolute Gasteiger partial charge is 0.490 e. The van der Waals surface area contributed by atoms with E-state index in [1.807, 2.05) is 0 Å². The second-order valence-corrected chi connectivity index (χ2v) is 3.00. The van der Waals surface area contributed by atoms with Crippen molar-refractivity contribution in [1.29, 1.82) is 0 Å². The van der Waals surface area contributed by atoms with Crippen molar-refractivity contribution in [3.8, 4) is 5.75 Å². The maximum absolute atomic E-state index is 10.4. The molecule has 1 aromatic rings. The minimum absolute atomic E-state index is 0.0543. The Morgan fingerprint density at radius 3 is 2.53 bits per heavy atom. The molecule has 0 N–H and O–H groups in total. The van der Waals surface area contributed by atoms with Crippen LogP contribution in [0.3, 0.4) is 0 Å². The molecule has 4 nitrogen and oxygen atoms in total. The van der Waals surface area contributed by atoms with Crippen LogP contribution < -0.4 is 4.74 Å². The molecule has 0 bridgehead atoms. The van der Waals surface area contributed by atoms with Gasteiger partial charge in [-0.3, -0.25) is 10.1 Å². The lowest BCUT2D eigenvalue weighted by Crippen LogP contribution is -1.94. The lowest BCUT2D eigenvalue weighted by atomic mass is 10.3. The number of rotatable bonds is 5. The average molecular weight is 228 g/mol. The van der Waals surface area contributed by atoms with Crippen LogP contribution >= 0.6 is 11.6 Å². The molecular weight excluding hydrogens is 218 g/mol. The molecule has 0 unspecified atom stereocenters. The van der Waals surface area contributed by atoms with Crippen molar-refractivity contribution >= 4 is 17.3 Å². The van der Waals surface area contributed by atoms with E-state index in [-0.39, 0.29) is 5.69 Å². The molecule has 0 spiro atoms. The van der Waals surface area contributed by atoms with Gasteiger partial charge in [-0.25, -0.2) is 0 Å². The first-order valence-electron chi connectivity index (χ1n) is 4.32. The summed E-state index contributed by atoms with van der Waals surface area (Å²) in [6.07, 6.45) is 3.56. The zero-order valence-corrected chi connectivity index (χ0v) is 8.68. The van der Waals surface area contributed by atoms with Crippen molar-refractivity contribution in [2.45, 2.75) is 0 Å². The highest BCUT2D eigenvalue weighted by Gasteiger charge is 2.03. The Labute approximate surface area is 92.3 Å². The van der Waals surface area contributed by atoms with Crippen molar-refractivity contribution in [2.75, 3.05) is 12.5 Å². The van der Waals surface area contributed by atoms with E-state index in [2.05, 4.69) is 0 Å². The molecule has 5 heteroatoms. The number of nitrogens with zero attached hydrogens (tertiary/aromatic N) is 1. The second kappa shape index (κ2) is 6.03. The number of hydrogen-bond acceptors (Lipinski definition) is 3. The Hall–Kier alpha value is -1.55. The third-order valence-corrected chi connectivity index (χ3v) is 1.83. The summed E-state index contributed by atoms with van der Waals surface area (Å²) in [7, 11) is 0. The zero-order valence-electron chi connectivity index (χ0n) is 7.93. The van der Waals surface area contributed by atoms with E-state index < -0.39 is 4.92 Å². The van der Waals surface area contributed by atoms with Gasteiger partial charge in [0.05, 0.1) is 4.92 Å². The smallest absolute Gasteiger partial charge is 0.269 e. The van der Waals surface area contributed by atoms with Crippen molar-refractivity contribution in [3.05, 3.63) is 46.5 Å². The van der Waals surface area contributed by atoms with Gasteiger partial charge in [-0.1, -0.05) is 12.2 Å². The molecule has 1 aromatic carbocycles. The third-order valence-electron chi connectivity index (χ3n) is 1.65. The lowest BCUT2D eigenvalue weighted by molar-refractivity contribution is -0.384. The van der Waals surface area contributed by atoms with E-state index in [4.69, 9.17) is 16.3 Å². The van der Waals surface area contributed by atoms with Crippen LogP contribution in [0.5, 0.6) is 5.75 Å². The summed E-state index contributed by atoms with van der Waals surface area (Å²) in [5.41, 5.74) is 0.0543. The van der Waals surface area contributed by atoms with Gasteiger partial charge < -0.3 is 4.74 Å². The SMILES string of the molecule is O=[N+]([O-])c1ccc(OCC=CCCl)cc1. The van der Waals surface area contributed by atoms with Gasteiger partial charge in [0.2, 0.25) is 0 Å². The highest BCUT2D eigenvalue weighted by atomic mass is 35.5. The number of non-ortho nitro benzene ring substituents is 1. The number of ether oxygens (including phenoxy) is 1. The van der Waals surface area contributed by atoms with Crippen LogP contribution in [0.2, 0.25) is 0 Å². The van der Waals surface area contributed by atoms with Crippen molar-refractivity contribution in [1.82, 2.24) is 0 Å². The molecule has 15 heavy (non-hydrogen) atoms. The van der Waals surface area contributed by atoms with E-state index in [1.54, 1.807) is 24.3 Å². The fourth-order valence-electron chi connectivity index (χ4n) is 0.939. The van der Waals surface area contributed by atoms with Crippen LogP contribution in [0.1, 0.15) is 0 Å². The molecule has 0 amide bonds. The van der Waals surface area contributed by atoms with Crippen LogP contribution in [0.4, 0.5) is 5.69 Å². The normalized spacial score (nSPS) is 10.5. The molecule has 80 valence electrons. The van der Waals surface area contributed by atoms with Gasteiger partial charge in [0.1, 0.15) is 12.4 Å². The van der Waals surface area contributed by atoms with Crippen molar-refractivity contribution in [2.24, 2.45) is 0 Å². The highest BCUT2D eigenvalue weighted by molar-refractivity contribution is 6.18. The molecule has 0 aliphatic rings. The first kappa shape index (κ1) is 11.5. The average Bonchev–Trinajstić information content (AvgIpc) is 2.25. The number of benzene rings is 1. The topological polar surface area (TPSA) is 52.4 Å². The van der Waals surface area contributed by atoms with Crippen LogP contribution in [0.15, 0.2) is 36.4 Å². The van der Waals surface area contributed by atoms with Crippen molar-refractivity contribution in [3.63, 3.8) is 0 Å². The molecule has 0 fully saturated rings. The first-order chi connectivity index (χ1) is 7.24. The third kappa shape index (κ3) is 3.99. The van der Waals surface area contributed by atoms with Gasteiger partial charge in [-0.05, 0) is 12.1 Å². The number of nitro benzene ring substituents is 1. The van der Waals surface area contributed by atoms with Gasteiger partial charge in [0, 0.05) is 18.0 Å². The molecule has 0 saturated heterocycles. The van der Waals surface area contributed by atoms with E-state index >= 15 is 0 Å². The summed E-state index contributed by atoms with van der Waals surface area (Å²) >= 11 is 5.42. The molecule has 0 aliphatic carbocycles. The quantitative estimate of drug-likeness (QED) is 0.336. The predicted octanol–water partition coefficient (Wildman–Crippen LogP) is 2.77. The van der Waals surface area contributed by atoms with Crippen LogP contribution in [0, 0.1) is 10.1 Å². The van der Waals surface area contributed by atoms with Gasteiger partial charge in [-0.2, -0.15) is 0 Å². The Kier molecular flexibility index (Phi) is 4.63. The van der Waals surface area contributed by atoms with Gasteiger partial charge in [-0.15, -0.1) is 11.6 Å². The van der Waals surface area contributed by atoms with E-state index in [1.165, 1.54) is 12.1 Å². The van der Waals surface area contributed by atoms with Crippen LogP contribution in [-0.2, 0) is 0 Å². The van der Waals surface area contributed by atoms with E-state index in [0.717, 1.165) is 0 Å². The molecule has 0 heterocycles. The number of hydrogen-bond donors (Lipinski definition) is 0. The second-order valence-electron chi connectivity index (χ2n) is 2.69. The van der Waals surface area contributed by atoms with Crippen LogP contribution in [0.25, 0.3) is 0 Å². The minimum Gasteiger partial charge on any atom is -0.490 e. The summed E-state index contributed by atoms with van der Waals surface area (Å²) in [5.74, 6) is 1.05. The van der Waals surface area contributed by atoms with E-state index in [9.17, 15) is 10.1 Å². The van der Waals surface area contributed by atoms with Gasteiger partial charge in [0.25, 0.3) is 5.69 Å². The Morgan fingerprint density at radius 1 is 1.33 bits per heavy atom. The standard InChI is InChI=1S/C10H10ClNO3/c11-7-1-2-8-15-10-5-3-9(4-6-10)12(13)14/h1-6H,7-8H2. The highest BCUT2D eigenvalue weighted by Crippen LogP contribution is 2.16. The molecule has 0 radical (unpaired) electrons. The molecule has 0 aromatic heterocycles. The minimum atomic E-state index is -0.447. The molecule has 1 rings (SSSR count). The predicted molar refractivity (Wildman–Crippen MR) is 58.5 cm³/mol. The van der Waals surface area contributed by atoms with Gasteiger partial charge in [0.15, 0.2) is 0 Å². The maximum Gasteiger partial charge on any atom is 0.269 e. The Balaban J connectivity index is 2.50. The summed E-state index contributed by atoms with van der Waals surface area (Å²) in [6, 6.07) is 5.93. The van der Waals surface area contributed by atoms with Gasteiger partial charge >= 0.3 is 0 Å². The number of allylic oxidation sites excluding steroid dienone is 1. The molecule has 0 saturated carbocycles. The Bertz CT molecular complexity index is 348. The summed E-state index contributed by atoms with van der Waals surface area (Å²) in [4.78, 5) is 9.90. The Morgan fingerprint density at radius 2 is 2.00 bits per heavy atom. The van der Waals surface area contributed by atoms with E-state index in [0.29, 0.717) is 18.2 Å². The summed E-state index contributed by atoms with van der Waals surface area (Å²) in [5, 5.41) is 10.4. The number of nitro groups is 1. The summed E-state index contributed by atoms with van der Waals surface area (Å²) in [6.45, 7) is 0.407. The zero-order chi connectivity index (χ0) is 11.1. The van der Waals surface area contributed by atoms with Crippen LogP contribution in [-0.4, -0.2) is 17.4 Å². The maximum atomic E-state index is 10.4. The van der Waals surface area contributed by atoms with Crippen molar-refractivity contribution < 1.29 is 9.66 Å². The fraction of sp³-hybridized carbons (Fsp3) is 0.200. The molecule has 0 atom stereocenters. The lowest BCUT2D eigenvalue weighted by Gasteiger charge is -2.01. The fourth-order valence-corrected chi connectivity index (χ4v) is 1.07. The summed E-state index contributed by atoms with van der Waals surface area (Å²) < 4.78 is 5.27. The first-order valence-corrected chi connectivity index (χ1v) is 4.85. The number of alkyl halides is 1. The molecular formula is C10H10ClNO3.